The van der Waals surface area contributed by atoms with Crippen LogP contribution in [0, 0.1) is 6.20 Å². The van der Waals surface area contributed by atoms with Crippen molar-refractivity contribution in [2.45, 2.75) is 12.8 Å². The summed E-state index contributed by atoms with van der Waals surface area (Å²) >= 11 is 0. The van der Waals surface area contributed by atoms with Crippen molar-refractivity contribution in [2.75, 3.05) is 0 Å². The molecule has 0 unspecified atom stereocenters. The van der Waals surface area contributed by atoms with Crippen LogP contribution < -0.4 is 0 Å². The summed E-state index contributed by atoms with van der Waals surface area (Å²) in [7, 11) is 0. The van der Waals surface area contributed by atoms with E-state index in [1.807, 2.05) is 0 Å². The Balaban J connectivity index is 2.59. The predicted octanol–water partition coefficient (Wildman–Crippen LogP) is 1.69. The number of nitrogens with zero attached hydrogens (tertiary/aromatic N) is 1. The molecule has 0 saturated heterocycles. The Kier molecular flexibility index (Phi) is 2.31. The van der Waals surface area contributed by atoms with Crippen molar-refractivity contribution >= 4 is 0 Å². The number of hydrogen-bond acceptors (Lipinski definition) is 1. The standard InChI is InChI=1S/C7H6F2N/c8-7(9)5-6-1-3-10-4-2-6/h1-3,7H,5H2. The van der Waals surface area contributed by atoms with Gasteiger partial charge in [0.25, 0.3) is 0 Å². The van der Waals surface area contributed by atoms with Crippen LogP contribution in [0.2, 0.25) is 0 Å². The number of aromatic nitrogens is 1. The van der Waals surface area contributed by atoms with Crippen molar-refractivity contribution in [2.24, 2.45) is 0 Å². The molecule has 0 saturated carbocycles. The van der Waals surface area contributed by atoms with E-state index in [1.165, 1.54) is 12.3 Å². The number of rotatable bonds is 2. The molecule has 0 aromatic carbocycles. The smallest absolute Gasteiger partial charge is 0.242 e. The highest BCUT2D eigenvalue weighted by Crippen LogP contribution is 2.04. The normalized spacial score (nSPS) is 10.3. The largest absolute Gasteiger partial charge is 0.255 e. The van der Waals surface area contributed by atoms with Crippen LogP contribution in [0.25, 0.3) is 0 Å². The first-order valence-electron chi connectivity index (χ1n) is 2.88. The number of alkyl halides is 2. The third kappa shape index (κ3) is 2.09. The molecular formula is C7H6F2N. The van der Waals surface area contributed by atoms with E-state index in [2.05, 4.69) is 11.2 Å². The van der Waals surface area contributed by atoms with Crippen molar-refractivity contribution in [1.82, 2.24) is 4.98 Å². The third-order valence-electron chi connectivity index (χ3n) is 1.08. The van der Waals surface area contributed by atoms with Gasteiger partial charge in [-0.05, 0) is 17.7 Å². The van der Waals surface area contributed by atoms with E-state index in [9.17, 15) is 8.78 Å². The Morgan fingerprint density at radius 3 is 2.90 bits per heavy atom. The van der Waals surface area contributed by atoms with Crippen LogP contribution >= 0.6 is 0 Å². The summed E-state index contributed by atoms with van der Waals surface area (Å²) < 4.78 is 23.4. The van der Waals surface area contributed by atoms with Gasteiger partial charge in [0.1, 0.15) is 0 Å². The van der Waals surface area contributed by atoms with Gasteiger partial charge >= 0.3 is 0 Å². The van der Waals surface area contributed by atoms with Crippen LogP contribution in [-0.4, -0.2) is 11.4 Å². The lowest BCUT2D eigenvalue weighted by molar-refractivity contribution is 0.149. The summed E-state index contributed by atoms with van der Waals surface area (Å²) in [5.74, 6) is 0. The highest BCUT2D eigenvalue weighted by molar-refractivity contribution is 5.09. The summed E-state index contributed by atoms with van der Waals surface area (Å²) in [6, 6.07) is 3.02. The van der Waals surface area contributed by atoms with Gasteiger partial charge in [-0.3, -0.25) is 4.98 Å². The van der Waals surface area contributed by atoms with Gasteiger partial charge in [-0.2, -0.15) is 0 Å². The van der Waals surface area contributed by atoms with E-state index in [4.69, 9.17) is 0 Å². The number of halogens is 2. The highest BCUT2D eigenvalue weighted by atomic mass is 19.3. The summed E-state index contributed by atoms with van der Waals surface area (Å²) in [6.07, 6.45) is 1.45. The maximum absolute atomic E-state index is 11.7. The Hall–Kier alpha value is -0.990. The second kappa shape index (κ2) is 3.25. The fourth-order valence-corrected chi connectivity index (χ4v) is 0.649. The Morgan fingerprint density at radius 2 is 2.40 bits per heavy atom. The van der Waals surface area contributed by atoms with Crippen LogP contribution in [0.3, 0.4) is 0 Å². The molecule has 1 aromatic rings. The van der Waals surface area contributed by atoms with Crippen molar-refractivity contribution < 1.29 is 8.78 Å². The van der Waals surface area contributed by atoms with Gasteiger partial charge in [0.2, 0.25) is 6.43 Å². The first-order chi connectivity index (χ1) is 4.79. The molecule has 0 aliphatic carbocycles. The molecule has 3 heteroatoms. The lowest BCUT2D eigenvalue weighted by Gasteiger charge is -1.96. The van der Waals surface area contributed by atoms with Crippen molar-refractivity contribution in [3.8, 4) is 0 Å². The van der Waals surface area contributed by atoms with Gasteiger partial charge in [-0.1, -0.05) is 0 Å². The molecule has 1 rings (SSSR count). The van der Waals surface area contributed by atoms with Crippen LogP contribution in [0.1, 0.15) is 5.56 Å². The van der Waals surface area contributed by atoms with E-state index < -0.39 is 6.43 Å². The lowest BCUT2D eigenvalue weighted by Crippen LogP contribution is -1.95. The molecule has 1 radical (unpaired) electrons. The summed E-state index contributed by atoms with van der Waals surface area (Å²) in [4.78, 5) is 3.58. The second-order valence-corrected chi connectivity index (χ2v) is 1.89. The van der Waals surface area contributed by atoms with Gasteiger partial charge in [-0.15, -0.1) is 0 Å². The minimum atomic E-state index is -2.28. The maximum atomic E-state index is 11.7. The van der Waals surface area contributed by atoms with Crippen LogP contribution in [-0.2, 0) is 6.42 Å². The number of hydrogen-bond donors (Lipinski definition) is 0. The molecule has 0 fully saturated rings. The summed E-state index contributed by atoms with van der Waals surface area (Å²) in [5, 5.41) is 0. The molecule has 0 atom stereocenters. The van der Waals surface area contributed by atoms with E-state index in [0.29, 0.717) is 5.56 Å². The zero-order chi connectivity index (χ0) is 7.40. The van der Waals surface area contributed by atoms with E-state index in [0.717, 1.165) is 0 Å². The minimum Gasteiger partial charge on any atom is -0.255 e. The molecule has 1 aromatic heterocycles. The Morgan fingerprint density at radius 1 is 1.60 bits per heavy atom. The first kappa shape index (κ1) is 7.12. The molecule has 0 amide bonds. The molecule has 0 spiro atoms. The Labute approximate surface area is 57.7 Å². The van der Waals surface area contributed by atoms with E-state index >= 15 is 0 Å². The van der Waals surface area contributed by atoms with Gasteiger partial charge in [0.05, 0.1) is 6.20 Å². The van der Waals surface area contributed by atoms with Crippen LogP contribution in [0.15, 0.2) is 18.3 Å². The molecule has 1 heterocycles. The Bertz CT molecular complexity index is 186. The molecule has 0 N–H and O–H groups in total. The van der Waals surface area contributed by atoms with Gasteiger partial charge in [0, 0.05) is 12.6 Å². The topological polar surface area (TPSA) is 12.9 Å². The maximum Gasteiger partial charge on any atom is 0.242 e. The third-order valence-corrected chi connectivity index (χ3v) is 1.08. The molecule has 0 aliphatic heterocycles. The zero-order valence-electron chi connectivity index (χ0n) is 5.22. The average molecular weight is 142 g/mol. The second-order valence-electron chi connectivity index (χ2n) is 1.89. The van der Waals surface area contributed by atoms with Gasteiger partial charge in [-0.25, -0.2) is 8.78 Å². The molecule has 1 nitrogen and oxygen atoms in total. The highest BCUT2D eigenvalue weighted by Gasteiger charge is 2.02. The fourth-order valence-electron chi connectivity index (χ4n) is 0.649. The van der Waals surface area contributed by atoms with E-state index in [-0.39, 0.29) is 6.42 Å². The van der Waals surface area contributed by atoms with Gasteiger partial charge < -0.3 is 0 Å². The SMILES string of the molecule is FC(F)Cc1c[c]ncc1. The first-order valence-corrected chi connectivity index (χ1v) is 2.88. The lowest BCUT2D eigenvalue weighted by atomic mass is 10.2. The van der Waals surface area contributed by atoms with Crippen LogP contribution in [0.4, 0.5) is 8.78 Å². The molecular weight excluding hydrogens is 136 g/mol. The molecule has 10 heavy (non-hydrogen) atoms. The van der Waals surface area contributed by atoms with Crippen molar-refractivity contribution in [1.29, 1.82) is 0 Å². The zero-order valence-corrected chi connectivity index (χ0v) is 5.22. The molecule has 53 valence electrons. The molecule has 0 aliphatic rings. The summed E-state index contributed by atoms with van der Waals surface area (Å²) in [5.41, 5.74) is 0.574. The van der Waals surface area contributed by atoms with Crippen molar-refractivity contribution in [3.05, 3.63) is 30.1 Å². The van der Waals surface area contributed by atoms with E-state index in [1.54, 1.807) is 6.07 Å². The minimum absolute atomic E-state index is 0.209. The quantitative estimate of drug-likeness (QED) is 0.612. The monoisotopic (exact) mass is 142 g/mol. The molecule has 0 bridgehead atoms. The van der Waals surface area contributed by atoms with Crippen molar-refractivity contribution in [3.63, 3.8) is 0 Å². The number of pyridine rings is 1. The predicted molar refractivity (Wildman–Crippen MR) is 32.8 cm³/mol. The average Bonchev–Trinajstić information content (AvgIpc) is 1.88. The van der Waals surface area contributed by atoms with Gasteiger partial charge in [0.15, 0.2) is 0 Å². The fraction of sp³-hybridized carbons (Fsp3) is 0.286. The van der Waals surface area contributed by atoms with Crippen LogP contribution in [0.5, 0.6) is 0 Å². The summed E-state index contributed by atoms with van der Waals surface area (Å²) in [6.45, 7) is 0.